The number of amides is 1. The third kappa shape index (κ3) is 4.09. The first-order chi connectivity index (χ1) is 16.5. The molecule has 1 amide bonds. The SMILES string of the molecule is CC(=O)N1C[C@H]2CC(Oc3nc4nc(-c5ccc(N6CCOCC6)cc5)c(Cl)cc4[nH]3)C[C@H]2C1. The zero-order chi connectivity index (χ0) is 23.2. The van der Waals surface area contributed by atoms with Gasteiger partial charge >= 0.3 is 0 Å². The lowest BCUT2D eigenvalue weighted by atomic mass is 10.0. The van der Waals surface area contributed by atoms with E-state index < -0.39 is 0 Å². The highest BCUT2D eigenvalue weighted by molar-refractivity contribution is 6.33. The van der Waals surface area contributed by atoms with Crippen molar-refractivity contribution in [3.05, 3.63) is 35.4 Å². The molecule has 3 aliphatic rings. The van der Waals surface area contributed by atoms with Crippen LogP contribution in [-0.4, -0.2) is 71.3 Å². The van der Waals surface area contributed by atoms with Gasteiger partial charge in [0.05, 0.1) is 29.4 Å². The van der Waals surface area contributed by atoms with Crippen molar-refractivity contribution in [3.63, 3.8) is 0 Å². The number of rotatable bonds is 4. The van der Waals surface area contributed by atoms with Crippen LogP contribution in [-0.2, 0) is 9.53 Å². The molecule has 34 heavy (non-hydrogen) atoms. The maximum atomic E-state index is 11.7. The number of hydrogen-bond acceptors (Lipinski definition) is 6. The van der Waals surface area contributed by atoms with E-state index in [1.165, 1.54) is 5.69 Å². The number of nitrogens with one attached hydrogen (secondary N) is 1. The lowest BCUT2D eigenvalue weighted by molar-refractivity contribution is -0.128. The van der Waals surface area contributed by atoms with E-state index in [1.54, 1.807) is 6.92 Å². The molecule has 0 spiro atoms. The van der Waals surface area contributed by atoms with Crippen molar-refractivity contribution in [2.75, 3.05) is 44.3 Å². The number of aromatic nitrogens is 3. The largest absolute Gasteiger partial charge is 0.461 e. The van der Waals surface area contributed by atoms with Crippen molar-refractivity contribution in [1.82, 2.24) is 19.9 Å². The maximum absolute atomic E-state index is 11.7. The lowest BCUT2D eigenvalue weighted by Gasteiger charge is -2.28. The fourth-order valence-electron chi connectivity index (χ4n) is 5.56. The van der Waals surface area contributed by atoms with E-state index in [1.807, 2.05) is 11.0 Å². The Morgan fingerprint density at radius 2 is 1.82 bits per heavy atom. The predicted molar refractivity (Wildman–Crippen MR) is 130 cm³/mol. The number of pyridine rings is 1. The molecule has 0 radical (unpaired) electrons. The molecule has 1 N–H and O–H groups in total. The van der Waals surface area contributed by atoms with E-state index in [2.05, 4.69) is 39.1 Å². The number of anilines is 1. The third-order valence-electron chi connectivity index (χ3n) is 7.35. The average molecular weight is 482 g/mol. The molecule has 2 saturated heterocycles. The van der Waals surface area contributed by atoms with Gasteiger partial charge in [-0.05, 0) is 42.9 Å². The second-order valence-corrected chi connectivity index (χ2v) is 9.94. The first-order valence-electron chi connectivity index (χ1n) is 11.9. The molecule has 8 nitrogen and oxygen atoms in total. The highest BCUT2D eigenvalue weighted by Crippen LogP contribution is 2.40. The van der Waals surface area contributed by atoms with Gasteiger partial charge < -0.3 is 24.3 Å². The van der Waals surface area contributed by atoms with E-state index in [4.69, 9.17) is 26.1 Å². The summed E-state index contributed by atoms with van der Waals surface area (Å²) in [7, 11) is 0. The summed E-state index contributed by atoms with van der Waals surface area (Å²) in [6.07, 6.45) is 1.99. The quantitative estimate of drug-likeness (QED) is 0.611. The third-order valence-corrected chi connectivity index (χ3v) is 7.64. The minimum Gasteiger partial charge on any atom is -0.461 e. The van der Waals surface area contributed by atoms with Gasteiger partial charge in [0.25, 0.3) is 6.01 Å². The van der Waals surface area contributed by atoms with Crippen molar-refractivity contribution < 1.29 is 14.3 Å². The number of H-pyrrole nitrogens is 1. The number of morpholine rings is 1. The zero-order valence-corrected chi connectivity index (χ0v) is 19.9. The number of likely N-dealkylation sites (tertiary alicyclic amines) is 1. The number of nitrogens with zero attached hydrogens (tertiary/aromatic N) is 4. The molecule has 1 aliphatic carbocycles. The Morgan fingerprint density at radius 1 is 1.12 bits per heavy atom. The number of fused-ring (bicyclic) bond motifs is 2. The monoisotopic (exact) mass is 481 g/mol. The fraction of sp³-hybridized carbons (Fsp3) is 0.480. The summed E-state index contributed by atoms with van der Waals surface area (Å²) in [5, 5.41) is 0.571. The molecule has 1 unspecified atom stereocenters. The smallest absolute Gasteiger partial charge is 0.296 e. The standard InChI is InChI=1S/C25H28ClN5O3/c1-15(32)31-13-17-10-20(11-18(17)14-31)34-25-27-22-12-21(26)23(28-24(22)29-25)16-2-4-19(5-3-16)30-6-8-33-9-7-30/h2-5,12,17-18,20H,6-11,13-14H2,1H3,(H,27,28,29)/t17-,18+,20?. The molecule has 2 aromatic heterocycles. The second kappa shape index (κ2) is 8.74. The number of carbonyl (C=O) groups excluding carboxylic acids is 1. The van der Waals surface area contributed by atoms with Gasteiger partial charge in [0.2, 0.25) is 5.91 Å². The molecule has 2 aliphatic heterocycles. The minimum absolute atomic E-state index is 0.104. The van der Waals surface area contributed by atoms with Gasteiger partial charge in [-0.3, -0.25) is 4.79 Å². The van der Waals surface area contributed by atoms with Gasteiger partial charge in [-0.15, -0.1) is 0 Å². The minimum atomic E-state index is 0.104. The van der Waals surface area contributed by atoms with Gasteiger partial charge in [-0.1, -0.05) is 23.7 Å². The summed E-state index contributed by atoms with van der Waals surface area (Å²) in [5.74, 6) is 1.19. The van der Waals surface area contributed by atoms with Crippen LogP contribution in [0.3, 0.4) is 0 Å². The molecule has 3 atom stereocenters. The van der Waals surface area contributed by atoms with Crippen LogP contribution in [0.1, 0.15) is 19.8 Å². The summed E-state index contributed by atoms with van der Waals surface area (Å²) >= 11 is 6.60. The Hall–Kier alpha value is -2.84. The summed E-state index contributed by atoms with van der Waals surface area (Å²) in [6.45, 7) is 6.64. The first-order valence-corrected chi connectivity index (χ1v) is 12.3. The van der Waals surface area contributed by atoms with Crippen LogP contribution in [0, 0.1) is 11.8 Å². The van der Waals surface area contributed by atoms with E-state index in [0.29, 0.717) is 34.2 Å². The van der Waals surface area contributed by atoms with Gasteiger partial charge in [0.15, 0.2) is 5.65 Å². The van der Waals surface area contributed by atoms with E-state index in [9.17, 15) is 4.79 Å². The van der Waals surface area contributed by atoms with E-state index >= 15 is 0 Å². The number of halogens is 1. The summed E-state index contributed by atoms with van der Waals surface area (Å²) < 4.78 is 11.6. The van der Waals surface area contributed by atoms with Crippen LogP contribution in [0.4, 0.5) is 5.69 Å². The molecule has 0 bridgehead atoms. The second-order valence-electron chi connectivity index (χ2n) is 9.53. The Kier molecular flexibility index (Phi) is 5.57. The number of benzene rings is 1. The Bertz CT molecular complexity index is 1190. The molecule has 4 heterocycles. The molecule has 1 saturated carbocycles. The van der Waals surface area contributed by atoms with Crippen molar-refractivity contribution in [1.29, 1.82) is 0 Å². The Balaban J connectivity index is 1.17. The van der Waals surface area contributed by atoms with Crippen molar-refractivity contribution in [3.8, 4) is 17.3 Å². The topological polar surface area (TPSA) is 83.6 Å². The lowest BCUT2D eigenvalue weighted by Crippen LogP contribution is -2.36. The molecule has 3 aromatic rings. The molecular weight excluding hydrogens is 454 g/mol. The van der Waals surface area contributed by atoms with Gasteiger partial charge in [-0.25, -0.2) is 4.98 Å². The average Bonchev–Trinajstić information content (AvgIpc) is 3.52. The maximum Gasteiger partial charge on any atom is 0.296 e. The number of imidazole rings is 1. The Morgan fingerprint density at radius 3 is 2.50 bits per heavy atom. The van der Waals surface area contributed by atoms with Crippen molar-refractivity contribution in [2.24, 2.45) is 11.8 Å². The summed E-state index contributed by atoms with van der Waals surface area (Å²) in [6, 6.07) is 10.7. The summed E-state index contributed by atoms with van der Waals surface area (Å²) in [5.41, 5.74) is 4.18. The summed E-state index contributed by atoms with van der Waals surface area (Å²) in [4.78, 5) is 28.5. The molecule has 6 rings (SSSR count). The molecule has 1 aromatic carbocycles. The van der Waals surface area contributed by atoms with E-state index in [0.717, 1.165) is 63.3 Å². The molecule has 9 heteroatoms. The Labute approximate surface area is 203 Å². The zero-order valence-electron chi connectivity index (χ0n) is 19.2. The molecular formula is C25H28ClN5O3. The van der Waals surface area contributed by atoms with Gasteiger partial charge in [0.1, 0.15) is 6.10 Å². The fourth-order valence-corrected chi connectivity index (χ4v) is 5.82. The highest BCUT2D eigenvalue weighted by Gasteiger charge is 2.42. The first kappa shape index (κ1) is 21.7. The van der Waals surface area contributed by atoms with Crippen LogP contribution in [0.15, 0.2) is 30.3 Å². The van der Waals surface area contributed by atoms with Gasteiger partial charge in [0, 0.05) is 44.4 Å². The normalized spacial score (nSPS) is 24.6. The number of carbonyl (C=O) groups is 1. The highest BCUT2D eigenvalue weighted by atomic mass is 35.5. The number of hydrogen-bond donors (Lipinski definition) is 1. The van der Waals surface area contributed by atoms with Gasteiger partial charge in [-0.2, -0.15) is 4.98 Å². The van der Waals surface area contributed by atoms with Crippen molar-refractivity contribution >= 4 is 34.4 Å². The van der Waals surface area contributed by atoms with Crippen LogP contribution in [0.2, 0.25) is 5.02 Å². The van der Waals surface area contributed by atoms with E-state index in [-0.39, 0.29) is 12.0 Å². The van der Waals surface area contributed by atoms with Crippen LogP contribution in [0.25, 0.3) is 22.4 Å². The van der Waals surface area contributed by atoms with Crippen LogP contribution >= 0.6 is 11.6 Å². The van der Waals surface area contributed by atoms with Crippen LogP contribution in [0.5, 0.6) is 6.01 Å². The molecule has 3 fully saturated rings. The molecule has 178 valence electrons. The number of aromatic amines is 1. The van der Waals surface area contributed by atoms with Crippen LogP contribution < -0.4 is 9.64 Å². The predicted octanol–water partition coefficient (Wildman–Crippen LogP) is 3.75. The van der Waals surface area contributed by atoms with Crippen molar-refractivity contribution in [2.45, 2.75) is 25.9 Å². The number of ether oxygens (including phenoxy) is 2.